The van der Waals surface area contributed by atoms with Gasteiger partial charge < -0.3 is 10.4 Å². The van der Waals surface area contributed by atoms with Gasteiger partial charge in [0, 0.05) is 6.04 Å². The van der Waals surface area contributed by atoms with Crippen molar-refractivity contribution < 1.29 is 13.9 Å². The molecule has 2 nitrogen and oxygen atoms in total. The molecule has 0 aromatic heterocycles. The van der Waals surface area contributed by atoms with Crippen LogP contribution in [0.25, 0.3) is 0 Å². The molecule has 0 spiro atoms. The maximum absolute atomic E-state index is 13.0. The van der Waals surface area contributed by atoms with Crippen LogP contribution in [0.3, 0.4) is 0 Å². The summed E-state index contributed by atoms with van der Waals surface area (Å²) in [6.07, 6.45) is 2.74. The van der Waals surface area contributed by atoms with Gasteiger partial charge in [-0.05, 0) is 43.5 Å². The monoisotopic (exact) mass is 213 g/mol. The molecule has 2 rings (SSSR count). The molecule has 1 aromatic carbocycles. The van der Waals surface area contributed by atoms with Gasteiger partial charge in [-0.2, -0.15) is 0 Å². The van der Waals surface area contributed by atoms with Gasteiger partial charge in [0.05, 0.1) is 0 Å². The largest absolute Gasteiger partial charge is 0.503 e. The number of phenolic OH excluding ortho intramolecular Hbond substituents is 1. The first-order chi connectivity index (χ1) is 7.16. The van der Waals surface area contributed by atoms with Crippen molar-refractivity contribution in [3.8, 4) is 5.75 Å². The molecule has 0 radical (unpaired) electrons. The van der Waals surface area contributed by atoms with Crippen molar-refractivity contribution >= 4 is 0 Å². The summed E-state index contributed by atoms with van der Waals surface area (Å²) in [5, 5.41) is 12.2. The highest BCUT2D eigenvalue weighted by Gasteiger charge is 2.16. The lowest BCUT2D eigenvalue weighted by Crippen LogP contribution is -2.23. The summed E-state index contributed by atoms with van der Waals surface area (Å²) in [5.41, 5.74) is 0.585. The normalized spacial score (nSPS) is 20.8. The van der Waals surface area contributed by atoms with Crippen LogP contribution >= 0.6 is 0 Å². The van der Waals surface area contributed by atoms with Crippen LogP contribution in [0.15, 0.2) is 12.1 Å². The zero-order valence-corrected chi connectivity index (χ0v) is 8.26. The fraction of sp³-hybridized carbons (Fsp3) is 0.455. The Morgan fingerprint density at radius 2 is 2.00 bits per heavy atom. The molecule has 1 aliphatic heterocycles. The Morgan fingerprint density at radius 1 is 1.33 bits per heavy atom. The maximum atomic E-state index is 13.0. The number of hydrogen-bond donors (Lipinski definition) is 2. The lowest BCUT2D eigenvalue weighted by molar-refractivity contribution is 0.395. The minimum Gasteiger partial charge on any atom is -0.503 e. The van der Waals surface area contributed by atoms with Gasteiger partial charge in [-0.15, -0.1) is 0 Å². The molecule has 4 heteroatoms. The topological polar surface area (TPSA) is 32.3 Å². The second kappa shape index (κ2) is 4.14. The van der Waals surface area contributed by atoms with Gasteiger partial charge in [-0.3, -0.25) is 0 Å². The Kier molecular flexibility index (Phi) is 2.86. The zero-order valence-electron chi connectivity index (χ0n) is 8.26. The predicted octanol–water partition coefficient (Wildman–Crippen LogP) is 1.96. The van der Waals surface area contributed by atoms with Crippen LogP contribution in [0, 0.1) is 11.6 Å². The van der Waals surface area contributed by atoms with Gasteiger partial charge in [-0.1, -0.05) is 0 Å². The first kappa shape index (κ1) is 10.4. The summed E-state index contributed by atoms with van der Waals surface area (Å²) in [6.45, 7) is 0.966. The van der Waals surface area contributed by atoms with Crippen LogP contribution < -0.4 is 5.32 Å². The molecule has 1 saturated heterocycles. The van der Waals surface area contributed by atoms with Crippen LogP contribution in [0.4, 0.5) is 8.78 Å². The zero-order chi connectivity index (χ0) is 10.8. The van der Waals surface area contributed by atoms with Crippen molar-refractivity contribution in [2.45, 2.75) is 25.3 Å². The Bertz CT molecular complexity index is 339. The van der Waals surface area contributed by atoms with Crippen molar-refractivity contribution in [2.24, 2.45) is 0 Å². The average molecular weight is 213 g/mol. The van der Waals surface area contributed by atoms with E-state index in [0.717, 1.165) is 19.4 Å². The van der Waals surface area contributed by atoms with E-state index in [9.17, 15) is 8.78 Å². The number of halogens is 2. The Morgan fingerprint density at radius 3 is 2.53 bits per heavy atom. The Labute approximate surface area is 86.9 Å². The van der Waals surface area contributed by atoms with Crippen molar-refractivity contribution in [2.75, 3.05) is 6.54 Å². The molecule has 15 heavy (non-hydrogen) atoms. The number of hydrogen-bond acceptors (Lipinski definition) is 2. The molecule has 0 bridgehead atoms. The highest BCUT2D eigenvalue weighted by Crippen LogP contribution is 2.23. The molecule has 0 aliphatic carbocycles. The SMILES string of the molecule is Oc1c(F)cc(CC2CCCN2)cc1F. The second-order valence-electron chi connectivity index (χ2n) is 3.91. The summed E-state index contributed by atoms with van der Waals surface area (Å²) >= 11 is 0. The number of rotatable bonds is 2. The Hall–Kier alpha value is -1.16. The molecule has 1 atom stereocenters. The van der Waals surface area contributed by atoms with Gasteiger partial charge in [-0.25, -0.2) is 8.78 Å². The lowest BCUT2D eigenvalue weighted by atomic mass is 10.0. The van der Waals surface area contributed by atoms with E-state index in [4.69, 9.17) is 5.11 Å². The van der Waals surface area contributed by atoms with E-state index >= 15 is 0 Å². The van der Waals surface area contributed by atoms with E-state index in [-0.39, 0.29) is 0 Å². The van der Waals surface area contributed by atoms with Crippen LogP contribution in [-0.4, -0.2) is 17.7 Å². The van der Waals surface area contributed by atoms with Crippen LogP contribution in [-0.2, 0) is 6.42 Å². The number of aromatic hydroxyl groups is 1. The summed E-state index contributed by atoms with van der Waals surface area (Å²) in [7, 11) is 0. The van der Waals surface area contributed by atoms with Crippen molar-refractivity contribution in [1.29, 1.82) is 0 Å². The maximum Gasteiger partial charge on any atom is 0.187 e. The third-order valence-electron chi connectivity index (χ3n) is 2.72. The first-order valence-electron chi connectivity index (χ1n) is 5.07. The number of benzene rings is 1. The van der Waals surface area contributed by atoms with E-state index in [1.54, 1.807) is 0 Å². The van der Waals surface area contributed by atoms with Gasteiger partial charge in [0.25, 0.3) is 0 Å². The van der Waals surface area contributed by atoms with Crippen molar-refractivity contribution in [3.63, 3.8) is 0 Å². The van der Waals surface area contributed by atoms with Gasteiger partial charge >= 0.3 is 0 Å². The molecular formula is C11H13F2NO. The molecule has 1 unspecified atom stereocenters. The highest BCUT2D eigenvalue weighted by atomic mass is 19.1. The van der Waals surface area contributed by atoms with Crippen molar-refractivity contribution in [3.05, 3.63) is 29.3 Å². The number of nitrogens with one attached hydrogen (secondary N) is 1. The van der Waals surface area contributed by atoms with Gasteiger partial charge in [0.1, 0.15) is 0 Å². The molecule has 0 amide bonds. The molecule has 82 valence electrons. The third kappa shape index (κ3) is 2.26. The second-order valence-corrected chi connectivity index (χ2v) is 3.91. The Balaban J connectivity index is 2.14. The molecule has 2 N–H and O–H groups in total. The standard InChI is InChI=1S/C11H13F2NO/c12-9-5-7(6-10(13)11(9)15)4-8-2-1-3-14-8/h5-6,8,14-15H,1-4H2. The van der Waals surface area contributed by atoms with E-state index < -0.39 is 17.4 Å². The van der Waals surface area contributed by atoms with E-state index in [0.29, 0.717) is 18.0 Å². The smallest absolute Gasteiger partial charge is 0.187 e. The number of phenols is 1. The average Bonchev–Trinajstić information content (AvgIpc) is 2.66. The lowest BCUT2D eigenvalue weighted by Gasteiger charge is -2.10. The summed E-state index contributed by atoms with van der Waals surface area (Å²) in [5.74, 6) is -2.66. The molecule has 1 aliphatic rings. The minimum atomic E-state index is -0.891. The van der Waals surface area contributed by atoms with Crippen LogP contribution in [0.2, 0.25) is 0 Å². The van der Waals surface area contributed by atoms with Crippen LogP contribution in [0.1, 0.15) is 18.4 Å². The molecule has 1 heterocycles. The predicted molar refractivity (Wildman–Crippen MR) is 52.8 cm³/mol. The third-order valence-corrected chi connectivity index (χ3v) is 2.72. The fourth-order valence-electron chi connectivity index (χ4n) is 1.95. The first-order valence-corrected chi connectivity index (χ1v) is 5.07. The molecule has 0 saturated carbocycles. The molecule has 1 aromatic rings. The summed E-state index contributed by atoms with van der Waals surface area (Å²) in [6, 6.07) is 2.69. The minimum absolute atomic E-state index is 0.299. The van der Waals surface area contributed by atoms with Crippen molar-refractivity contribution in [1.82, 2.24) is 5.32 Å². The van der Waals surface area contributed by atoms with Crippen LogP contribution in [0.5, 0.6) is 5.75 Å². The summed E-state index contributed by atoms with van der Waals surface area (Å²) < 4.78 is 26.0. The van der Waals surface area contributed by atoms with Gasteiger partial charge in [0.15, 0.2) is 17.4 Å². The highest BCUT2D eigenvalue weighted by molar-refractivity contribution is 5.30. The van der Waals surface area contributed by atoms with E-state index in [2.05, 4.69) is 5.32 Å². The van der Waals surface area contributed by atoms with Gasteiger partial charge in [0.2, 0.25) is 0 Å². The van der Waals surface area contributed by atoms with E-state index in [1.165, 1.54) is 12.1 Å². The fourth-order valence-corrected chi connectivity index (χ4v) is 1.95. The quantitative estimate of drug-likeness (QED) is 0.787. The molecular weight excluding hydrogens is 200 g/mol. The summed E-state index contributed by atoms with van der Waals surface area (Å²) in [4.78, 5) is 0. The molecule has 1 fully saturated rings. The van der Waals surface area contributed by atoms with E-state index in [1.807, 2.05) is 0 Å².